The summed E-state index contributed by atoms with van der Waals surface area (Å²) in [6.07, 6.45) is 2.87. The summed E-state index contributed by atoms with van der Waals surface area (Å²) in [6, 6.07) is 9.64. The number of nitrogens with zero attached hydrogens (tertiary/aromatic N) is 2. The lowest BCUT2D eigenvalue weighted by Gasteiger charge is -2.30. The number of aliphatic hydroxyl groups is 1. The molecule has 24 heavy (non-hydrogen) atoms. The van der Waals surface area contributed by atoms with Crippen molar-refractivity contribution in [2.24, 2.45) is 5.41 Å². The lowest BCUT2D eigenvalue weighted by Crippen LogP contribution is -2.48. The third-order valence-electron chi connectivity index (χ3n) is 4.64. The van der Waals surface area contributed by atoms with Gasteiger partial charge in [0.1, 0.15) is 10.0 Å². The summed E-state index contributed by atoms with van der Waals surface area (Å²) < 4.78 is 0. The molecule has 2 atom stereocenters. The standard InChI is InChI=1S/C17H22N4O2S/c1-17(11-22)9-5-8-13(17)19-16(23)18-10-14-20-21-15(24-14)12-6-3-2-4-7-12/h2-4,6-7,13,22H,5,8-11H2,1H3,(H2,18,19,23). The second-order valence-corrected chi connectivity index (χ2v) is 7.51. The Balaban J connectivity index is 1.53. The number of nitrogens with one attached hydrogen (secondary N) is 2. The van der Waals surface area contributed by atoms with Gasteiger partial charge < -0.3 is 15.7 Å². The van der Waals surface area contributed by atoms with E-state index in [4.69, 9.17) is 0 Å². The monoisotopic (exact) mass is 346 g/mol. The average Bonchev–Trinajstić information content (AvgIpc) is 3.22. The number of hydrogen-bond acceptors (Lipinski definition) is 5. The maximum Gasteiger partial charge on any atom is 0.315 e. The van der Waals surface area contributed by atoms with Gasteiger partial charge in [-0.3, -0.25) is 0 Å². The molecule has 0 saturated heterocycles. The van der Waals surface area contributed by atoms with Crippen LogP contribution < -0.4 is 10.6 Å². The normalized spacial score (nSPS) is 23.2. The van der Waals surface area contributed by atoms with Crippen molar-refractivity contribution in [3.63, 3.8) is 0 Å². The van der Waals surface area contributed by atoms with Crippen LogP contribution in [0.1, 0.15) is 31.2 Å². The van der Waals surface area contributed by atoms with E-state index in [1.54, 1.807) is 0 Å². The molecule has 1 saturated carbocycles. The summed E-state index contributed by atoms with van der Waals surface area (Å²) in [5, 5.41) is 25.2. The first-order valence-corrected chi connectivity index (χ1v) is 8.95. The van der Waals surface area contributed by atoms with E-state index < -0.39 is 0 Å². The van der Waals surface area contributed by atoms with Gasteiger partial charge in [-0.1, -0.05) is 55.0 Å². The highest BCUT2D eigenvalue weighted by Gasteiger charge is 2.39. The Morgan fingerprint density at radius 2 is 2.17 bits per heavy atom. The van der Waals surface area contributed by atoms with Gasteiger partial charge in [-0.05, 0) is 12.8 Å². The van der Waals surface area contributed by atoms with Crippen LogP contribution in [-0.2, 0) is 6.54 Å². The van der Waals surface area contributed by atoms with Crippen LogP contribution in [0, 0.1) is 5.41 Å². The molecule has 2 unspecified atom stereocenters. The van der Waals surface area contributed by atoms with Crippen LogP contribution in [0.15, 0.2) is 30.3 Å². The van der Waals surface area contributed by atoms with Gasteiger partial charge in [0.2, 0.25) is 0 Å². The van der Waals surface area contributed by atoms with E-state index >= 15 is 0 Å². The topological polar surface area (TPSA) is 87.1 Å². The minimum absolute atomic E-state index is 0.0109. The lowest BCUT2D eigenvalue weighted by atomic mass is 9.86. The van der Waals surface area contributed by atoms with Crippen LogP contribution in [0.3, 0.4) is 0 Å². The molecule has 0 bridgehead atoms. The molecule has 7 heteroatoms. The van der Waals surface area contributed by atoms with E-state index in [1.807, 2.05) is 37.3 Å². The predicted octanol–water partition coefficient (Wildman–Crippen LogP) is 2.56. The molecule has 2 aromatic rings. The Hall–Kier alpha value is -1.99. The van der Waals surface area contributed by atoms with Crippen molar-refractivity contribution >= 4 is 17.4 Å². The van der Waals surface area contributed by atoms with Gasteiger partial charge in [0.05, 0.1) is 13.2 Å². The number of benzene rings is 1. The first kappa shape index (κ1) is 16.9. The third kappa shape index (κ3) is 3.73. The van der Waals surface area contributed by atoms with Gasteiger partial charge in [-0.25, -0.2) is 4.79 Å². The van der Waals surface area contributed by atoms with Gasteiger partial charge >= 0.3 is 6.03 Å². The van der Waals surface area contributed by atoms with Crippen LogP contribution in [0.5, 0.6) is 0 Å². The van der Waals surface area contributed by atoms with Crippen LogP contribution in [-0.4, -0.2) is 34.0 Å². The van der Waals surface area contributed by atoms with Gasteiger partial charge in [0.25, 0.3) is 0 Å². The Bertz CT molecular complexity index is 691. The molecule has 1 fully saturated rings. The summed E-state index contributed by atoms with van der Waals surface area (Å²) in [5.41, 5.74) is 0.802. The Morgan fingerprint density at radius 1 is 1.38 bits per heavy atom. The van der Waals surface area contributed by atoms with Gasteiger partial charge in [0, 0.05) is 17.0 Å². The molecular formula is C17H22N4O2S. The van der Waals surface area contributed by atoms with E-state index in [2.05, 4.69) is 20.8 Å². The van der Waals surface area contributed by atoms with Crippen LogP contribution in [0.4, 0.5) is 4.79 Å². The molecule has 1 aromatic carbocycles. The van der Waals surface area contributed by atoms with Gasteiger partial charge in [-0.2, -0.15) is 0 Å². The van der Waals surface area contributed by atoms with Crippen LogP contribution >= 0.6 is 11.3 Å². The summed E-state index contributed by atoms with van der Waals surface area (Å²) in [5.74, 6) is 0. The van der Waals surface area contributed by atoms with Gasteiger partial charge in [0.15, 0.2) is 0 Å². The molecule has 1 heterocycles. The highest BCUT2D eigenvalue weighted by atomic mass is 32.1. The van der Waals surface area contributed by atoms with E-state index in [9.17, 15) is 9.90 Å². The van der Waals surface area contributed by atoms with Gasteiger partial charge in [-0.15, -0.1) is 10.2 Å². The molecule has 3 rings (SSSR count). The zero-order chi connectivity index (χ0) is 17.0. The van der Waals surface area contributed by atoms with Crippen LogP contribution in [0.2, 0.25) is 0 Å². The number of carbonyl (C=O) groups is 1. The third-order valence-corrected chi connectivity index (χ3v) is 5.61. The summed E-state index contributed by atoms with van der Waals surface area (Å²) in [4.78, 5) is 12.1. The molecular weight excluding hydrogens is 324 g/mol. The molecule has 6 nitrogen and oxygen atoms in total. The Morgan fingerprint density at radius 3 is 2.92 bits per heavy atom. The highest BCUT2D eigenvalue weighted by Crippen LogP contribution is 2.37. The summed E-state index contributed by atoms with van der Waals surface area (Å²) in [7, 11) is 0. The predicted molar refractivity (Wildman–Crippen MR) is 93.5 cm³/mol. The number of hydrogen-bond donors (Lipinski definition) is 3. The molecule has 1 aliphatic rings. The largest absolute Gasteiger partial charge is 0.396 e. The van der Waals surface area contributed by atoms with E-state index in [0.29, 0.717) is 6.54 Å². The zero-order valence-corrected chi connectivity index (χ0v) is 14.5. The smallest absolute Gasteiger partial charge is 0.315 e. The maximum atomic E-state index is 12.1. The number of rotatable bonds is 5. The fourth-order valence-corrected chi connectivity index (χ4v) is 3.84. The van der Waals surface area contributed by atoms with E-state index in [-0.39, 0.29) is 24.1 Å². The molecule has 1 aliphatic carbocycles. The second-order valence-electron chi connectivity index (χ2n) is 6.45. The lowest BCUT2D eigenvalue weighted by molar-refractivity contribution is 0.121. The highest BCUT2D eigenvalue weighted by molar-refractivity contribution is 7.14. The number of amides is 2. The Labute approximate surface area is 145 Å². The fourth-order valence-electron chi connectivity index (χ4n) is 3.06. The molecule has 3 N–H and O–H groups in total. The molecule has 2 amide bonds. The van der Waals surface area contributed by atoms with E-state index in [0.717, 1.165) is 34.8 Å². The SMILES string of the molecule is CC1(CO)CCCC1NC(=O)NCc1nnc(-c2ccccc2)s1. The average molecular weight is 346 g/mol. The molecule has 0 radical (unpaired) electrons. The maximum absolute atomic E-state index is 12.1. The first-order chi connectivity index (χ1) is 11.6. The van der Waals surface area contributed by atoms with Crippen LogP contribution in [0.25, 0.3) is 10.6 Å². The summed E-state index contributed by atoms with van der Waals surface area (Å²) in [6.45, 7) is 2.45. The minimum atomic E-state index is -0.224. The zero-order valence-electron chi connectivity index (χ0n) is 13.7. The minimum Gasteiger partial charge on any atom is -0.396 e. The molecule has 0 spiro atoms. The fraction of sp³-hybridized carbons (Fsp3) is 0.471. The van der Waals surface area contributed by atoms with Crippen molar-refractivity contribution in [1.29, 1.82) is 0 Å². The van der Waals surface area contributed by atoms with Crippen molar-refractivity contribution in [1.82, 2.24) is 20.8 Å². The first-order valence-electron chi connectivity index (χ1n) is 8.14. The number of aliphatic hydroxyl groups excluding tert-OH is 1. The van der Waals surface area contributed by atoms with Crippen molar-refractivity contribution in [3.05, 3.63) is 35.3 Å². The van der Waals surface area contributed by atoms with Crippen molar-refractivity contribution in [2.45, 2.75) is 38.8 Å². The number of carbonyl (C=O) groups excluding carboxylic acids is 1. The number of aromatic nitrogens is 2. The Kier molecular flexibility index (Phi) is 5.11. The molecule has 128 valence electrons. The van der Waals surface area contributed by atoms with Crippen molar-refractivity contribution < 1.29 is 9.90 Å². The van der Waals surface area contributed by atoms with E-state index in [1.165, 1.54) is 11.3 Å². The quantitative estimate of drug-likeness (QED) is 0.776. The van der Waals surface area contributed by atoms with Crippen molar-refractivity contribution in [3.8, 4) is 10.6 Å². The van der Waals surface area contributed by atoms with Crippen molar-refractivity contribution in [2.75, 3.05) is 6.61 Å². The molecule has 0 aliphatic heterocycles. The number of urea groups is 1. The second kappa shape index (κ2) is 7.27. The molecule has 1 aromatic heterocycles. The summed E-state index contributed by atoms with van der Waals surface area (Å²) >= 11 is 1.47.